The lowest BCUT2D eigenvalue weighted by atomic mass is 9.98. The maximum absolute atomic E-state index is 12.9. The first kappa shape index (κ1) is 18.1. The lowest BCUT2D eigenvalue weighted by molar-refractivity contribution is -0.140. The van der Waals surface area contributed by atoms with Crippen LogP contribution in [0.2, 0.25) is 0 Å². The van der Waals surface area contributed by atoms with E-state index in [0.717, 1.165) is 10.4 Å². The molecule has 1 fully saturated rings. The Balaban J connectivity index is 1.87. The molecule has 6 heteroatoms. The van der Waals surface area contributed by atoms with E-state index in [2.05, 4.69) is 4.98 Å². The third-order valence-electron chi connectivity index (χ3n) is 4.80. The largest absolute Gasteiger partial charge is 0.507 e. The summed E-state index contributed by atoms with van der Waals surface area (Å²) in [5, 5.41) is 12.8. The van der Waals surface area contributed by atoms with Crippen LogP contribution in [-0.4, -0.2) is 26.7 Å². The molecule has 5 nitrogen and oxygen atoms in total. The lowest BCUT2D eigenvalue weighted by Gasteiger charge is -2.24. The highest BCUT2D eigenvalue weighted by molar-refractivity contribution is 7.10. The molecule has 0 aliphatic carbocycles. The topological polar surface area (TPSA) is 70.5 Å². The van der Waals surface area contributed by atoms with Crippen LogP contribution in [-0.2, 0) is 16.1 Å². The number of thiophene rings is 1. The zero-order valence-electron chi connectivity index (χ0n) is 15.2. The van der Waals surface area contributed by atoms with Crippen molar-refractivity contribution in [2.75, 3.05) is 0 Å². The fourth-order valence-corrected chi connectivity index (χ4v) is 4.44. The smallest absolute Gasteiger partial charge is 0.296 e. The van der Waals surface area contributed by atoms with E-state index in [1.54, 1.807) is 36.5 Å². The number of aromatic nitrogens is 1. The van der Waals surface area contributed by atoms with E-state index in [-0.39, 0.29) is 17.9 Å². The van der Waals surface area contributed by atoms with Gasteiger partial charge in [0, 0.05) is 16.6 Å². The van der Waals surface area contributed by atoms with Crippen LogP contribution in [0.5, 0.6) is 0 Å². The van der Waals surface area contributed by atoms with E-state index in [0.29, 0.717) is 11.3 Å². The molecule has 0 bridgehead atoms. The first-order valence-electron chi connectivity index (χ1n) is 8.85. The summed E-state index contributed by atoms with van der Waals surface area (Å²) in [4.78, 5) is 32.4. The second kappa shape index (κ2) is 7.40. The fraction of sp³-hybridized carbons (Fsp3) is 0.136. The van der Waals surface area contributed by atoms with Crippen LogP contribution in [0.3, 0.4) is 0 Å². The van der Waals surface area contributed by atoms with Crippen molar-refractivity contribution in [3.8, 4) is 0 Å². The number of carbonyl (C=O) groups excluding carboxylic acids is 2. The van der Waals surface area contributed by atoms with Crippen LogP contribution < -0.4 is 0 Å². The third-order valence-corrected chi connectivity index (χ3v) is 5.87. The predicted octanol–water partition coefficient (Wildman–Crippen LogP) is 4.07. The fourth-order valence-electron chi connectivity index (χ4n) is 3.40. The Morgan fingerprint density at radius 2 is 1.86 bits per heavy atom. The maximum Gasteiger partial charge on any atom is 0.296 e. The van der Waals surface area contributed by atoms with Crippen LogP contribution in [0.25, 0.3) is 5.76 Å². The molecular weight excluding hydrogens is 372 g/mol. The minimum atomic E-state index is -0.671. The SMILES string of the molecule is Cc1ccsc1C1/C(=C(/O)c2ccccc2)C(=O)C(=O)N1Cc1ccccn1. The number of rotatable bonds is 4. The van der Waals surface area contributed by atoms with Crippen molar-refractivity contribution in [1.82, 2.24) is 9.88 Å². The minimum absolute atomic E-state index is 0.123. The number of likely N-dealkylation sites (tertiary alicyclic amines) is 1. The first-order valence-corrected chi connectivity index (χ1v) is 9.73. The molecule has 1 saturated heterocycles. The molecule has 0 radical (unpaired) electrons. The van der Waals surface area contributed by atoms with Crippen LogP contribution >= 0.6 is 11.3 Å². The molecule has 1 unspecified atom stereocenters. The highest BCUT2D eigenvalue weighted by atomic mass is 32.1. The Bertz CT molecular complexity index is 1060. The number of aryl methyl sites for hydroxylation is 1. The summed E-state index contributed by atoms with van der Waals surface area (Å²) in [6.45, 7) is 2.13. The van der Waals surface area contributed by atoms with E-state index in [1.807, 2.05) is 36.6 Å². The minimum Gasteiger partial charge on any atom is -0.507 e. The predicted molar refractivity (Wildman–Crippen MR) is 108 cm³/mol. The Morgan fingerprint density at radius 3 is 2.50 bits per heavy atom. The molecule has 28 heavy (non-hydrogen) atoms. The van der Waals surface area contributed by atoms with Crippen molar-refractivity contribution < 1.29 is 14.7 Å². The Labute approximate surface area is 166 Å². The Hall–Kier alpha value is -3.25. The van der Waals surface area contributed by atoms with Crippen molar-refractivity contribution in [1.29, 1.82) is 0 Å². The summed E-state index contributed by atoms with van der Waals surface area (Å²) in [6.07, 6.45) is 1.65. The van der Waals surface area contributed by atoms with Crippen LogP contribution in [0, 0.1) is 6.92 Å². The summed E-state index contributed by atoms with van der Waals surface area (Å²) >= 11 is 1.47. The normalized spacial score (nSPS) is 18.6. The van der Waals surface area contributed by atoms with Gasteiger partial charge in [0.2, 0.25) is 0 Å². The first-order chi connectivity index (χ1) is 13.6. The number of hydrogen-bond donors (Lipinski definition) is 1. The standard InChI is InChI=1S/C22H18N2O3S/c1-14-10-12-28-21(14)18-17(19(25)15-7-3-2-4-8-15)20(26)22(27)24(18)13-16-9-5-6-11-23-16/h2-12,18,25H,13H2,1H3/b19-17-. The number of hydrogen-bond acceptors (Lipinski definition) is 5. The number of pyridine rings is 1. The molecule has 1 aliphatic rings. The van der Waals surface area contributed by atoms with Gasteiger partial charge < -0.3 is 10.0 Å². The Morgan fingerprint density at radius 1 is 1.11 bits per heavy atom. The lowest BCUT2D eigenvalue weighted by Crippen LogP contribution is -2.29. The quantitative estimate of drug-likeness (QED) is 0.414. The summed E-state index contributed by atoms with van der Waals surface area (Å²) in [7, 11) is 0. The molecule has 3 heterocycles. The van der Waals surface area contributed by atoms with E-state index in [9.17, 15) is 14.7 Å². The second-order valence-electron chi connectivity index (χ2n) is 6.58. The van der Waals surface area contributed by atoms with E-state index >= 15 is 0 Å². The van der Waals surface area contributed by atoms with Crippen LogP contribution in [0.4, 0.5) is 0 Å². The number of amides is 1. The molecule has 1 aromatic carbocycles. The van der Waals surface area contributed by atoms with Gasteiger partial charge in [0.15, 0.2) is 0 Å². The maximum atomic E-state index is 12.9. The van der Waals surface area contributed by atoms with E-state index < -0.39 is 17.7 Å². The number of benzene rings is 1. The molecule has 3 aromatic rings. The average Bonchev–Trinajstić information content (AvgIpc) is 3.25. The average molecular weight is 390 g/mol. The number of aliphatic hydroxyl groups excluding tert-OH is 1. The summed E-state index contributed by atoms with van der Waals surface area (Å²) in [5.41, 5.74) is 2.29. The van der Waals surface area contributed by atoms with Gasteiger partial charge in [-0.15, -0.1) is 11.3 Å². The van der Waals surface area contributed by atoms with Gasteiger partial charge >= 0.3 is 0 Å². The van der Waals surface area contributed by atoms with Gasteiger partial charge in [-0.05, 0) is 36.1 Å². The molecule has 2 aromatic heterocycles. The van der Waals surface area contributed by atoms with Gasteiger partial charge in [0.1, 0.15) is 11.8 Å². The summed E-state index contributed by atoms with van der Waals surface area (Å²) < 4.78 is 0. The van der Waals surface area contributed by atoms with Crippen molar-refractivity contribution in [3.63, 3.8) is 0 Å². The zero-order chi connectivity index (χ0) is 19.7. The van der Waals surface area contributed by atoms with Gasteiger partial charge in [-0.1, -0.05) is 36.4 Å². The molecule has 1 amide bonds. The second-order valence-corrected chi connectivity index (χ2v) is 7.53. The van der Waals surface area contributed by atoms with Gasteiger partial charge in [-0.25, -0.2) is 0 Å². The number of nitrogens with zero attached hydrogens (tertiary/aromatic N) is 2. The van der Waals surface area contributed by atoms with Crippen LogP contribution in [0.1, 0.15) is 27.7 Å². The Kier molecular flexibility index (Phi) is 4.79. The molecular formula is C22H18N2O3S. The van der Waals surface area contributed by atoms with Crippen LogP contribution in [0.15, 0.2) is 71.7 Å². The molecule has 1 N–H and O–H groups in total. The number of Topliss-reactive ketones (excluding diaryl/α,β-unsaturated/α-hetero) is 1. The van der Waals surface area contributed by atoms with Gasteiger partial charge in [0.25, 0.3) is 11.7 Å². The molecule has 1 atom stereocenters. The summed E-state index contributed by atoms with van der Waals surface area (Å²) in [5.74, 6) is -1.45. The van der Waals surface area contributed by atoms with Gasteiger partial charge in [0.05, 0.1) is 17.8 Å². The molecule has 4 rings (SSSR count). The van der Waals surface area contributed by atoms with Crippen molar-refractivity contribution in [3.05, 3.63) is 93.4 Å². The molecule has 0 saturated carbocycles. The molecule has 0 spiro atoms. The highest BCUT2D eigenvalue weighted by Gasteiger charge is 2.47. The monoisotopic (exact) mass is 390 g/mol. The zero-order valence-corrected chi connectivity index (χ0v) is 16.0. The van der Waals surface area contributed by atoms with Crippen molar-refractivity contribution in [2.24, 2.45) is 0 Å². The van der Waals surface area contributed by atoms with E-state index in [4.69, 9.17) is 0 Å². The van der Waals surface area contributed by atoms with Gasteiger partial charge in [-0.3, -0.25) is 14.6 Å². The van der Waals surface area contributed by atoms with E-state index in [1.165, 1.54) is 16.2 Å². The van der Waals surface area contributed by atoms with Gasteiger partial charge in [-0.2, -0.15) is 0 Å². The number of carbonyl (C=O) groups is 2. The number of aliphatic hydroxyl groups is 1. The summed E-state index contributed by atoms with van der Waals surface area (Å²) in [6, 6.07) is 15.6. The van der Waals surface area contributed by atoms with Crippen molar-refractivity contribution in [2.45, 2.75) is 19.5 Å². The van der Waals surface area contributed by atoms with Crippen molar-refractivity contribution >= 4 is 28.8 Å². The highest BCUT2D eigenvalue weighted by Crippen LogP contribution is 2.43. The molecule has 1 aliphatic heterocycles. The number of ketones is 1. The molecule has 140 valence electrons. The third kappa shape index (κ3) is 3.12.